The van der Waals surface area contributed by atoms with E-state index in [2.05, 4.69) is 58.2 Å². The second-order valence-corrected chi connectivity index (χ2v) is 29.1. The largest absolute Gasteiger partial charge is 0.443 e. The molecule has 0 N–H and O–H groups in total. The van der Waals surface area contributed by atoms with Gasteiger partial charge in [-0.3, -0.25) is 0 Å². The van der Waals surface area contributed by atoms with Crippen LogP contribution in [0.5, 0.6) is 0 Å². The lowest BCUT2D eigenvalue weighted by atomic mass is 10.0. The van der Waals surface area contributed by atoms with Crippen LogP contribution in [0.25, 0.3) is 0 Å². The monoisotopic (exact) mass is 1210 g/mol. The van der Waals surface area contributed by atoms with Gasteiger partial charge < -0.3 is 18.9 Å². The first kappa shape index (κ1) is 77.9. The summed E-state index contributed by atoms with van der Waals surface area (Å²) < 4.78 is 26.7. The van der Waals surface area contributed by atoms with E-state index in [0.717, 1.165) is 61.4 Å². The summed E-state index contributed by atoms with van der Waals surface area (Å²) in [6.45, 7) is 24.6. The van der Waals surface area contributed by atoms with Crippen LogP contribution in [0.1, 0.15) is 338 Å². The van der Waals surface area contributed by atoms with Crippen LogP contribution in [0, 0.1) is 0 Å². The maximum atomic E-state index is 12.7. The third-order valence-corrected chi connectivity index (χ3v) is 15.6. The van der Waals surface area contributed by atoms with E-state index < -0.39 is 46.8 Å². The van der Waals surface area contributed by atoms with Crippen molar-refractivity contribution in [2.75, 3.05) is 13.1 Å². The summed E-state index contributed by atoms with van der Waals surface area (Å²) in [6.07, 6.45) is 57.3. The zero-order valence-electron chi connectivity index (χ0n) is 57.8. The molecule has 2 heterocycles. The summed E-state index contributed by atoms with van der Waals surface area (Å²) in [4.78, 5) is 53.0. The Morgan fingerprint density at radius 1 is 0.302 bits per heavy atom. The fraction of sp³-hybridized carbons (Fsp3) is 0.811. The van der Waals surface area contributed by atoms with Crippen molar-refractivity contribution >= 4 is 24.4 Å². The standard InChI is InChI=1S/C74H132N4O8/c1-71(2,3)83-67(79)77(68(80)84-72(4,5)6)61-49-43-37-31-25-19-15-13-17-23-29-35-41-47-57-75-59-51-55-65(63-75)53-45-39-33-27-21-22-28-34-40-46-54-66-56-52-60-76(64-66)58-48-42-36-30-24-18-14-16-20-26-32-38-44-50-62-78(69(81)85-73(7,8)9)70(82)86-74(10,11)12/h51-52,55-56,59-60,63-64H,13-50,53-54,57-58,61-62H2,1-12H3/q+2. The van der Waals surface area contributed by atoms with Gasteiger partial charge in [-0.1, -0.05) is 193 Å². The number of ether oxygens (including phenoxy) is 4. The summed E-state index contributed by atoms with van der Waals surface area (Å²) in [5.74, 6) is 0. The Bertz CT molecular complexity index is 1860. The van der Waals surface area contributed by atoms with E-state index in [0.29, 0.717) is 13.1 Å². The van der Waals surface area contributed by atoms with E-state index in [9.17, 15) is 19.2 Å². The predicted molar refractivity (Wildman–Crippen MR) is 354 cm³/mol. The van der Waals surface area contributed by atoms with E-state index >= 15 is 0 Å². The van der Waals surface area contributed by atoms with E-state index in [4.69, 9.17) is 18.9 Å². The smallest absolute Gasteiger partial charge is 0.419 e. The second-order valence-electron chi connectivity index (χ2n) is 29.1. The van der Waals surface area contributed by atoms with Gasteiger partial charge in [-0.05, 0) is 147 Å². The van der Waals surface area contributed by atoms with Gasteiger partial charge in [0.1, 0.15) is 35.5 Å². The maximum Gasteiger partial charge on any atom is 0.419 e. The predicted octanol–water partition coefficient (Wildman–Crippen LogP) is 21.2. The number of pyridine rings is 2. The molecule has 2 rings (SSSR count). The molecule has 0 spiro atoms. The minimum atomic E-state index is -0.668. The first-order chi connectivity index (χ1) is 40.9. The molecule has 0 bridgehead atoms. The van der Waals surface area contributed by atoms with Gasteiger partial charge in [-0.15, -0.1) is 0 Å². The Kier molecular flexibility index (Phi) is 41.6. The van der Waals surface area contributed by atoms with Crippen LogP contribution in [-0.2, 0) is 44.9 Å². The first-order valence-electron chi connectivity index (χ1n) is 35.3. The molecule has 0 unspecified atom stereocenters. The lowest BCUT2D eigenvalue weighted by Gasteiger charge is -2.28. The van der Waals surface area contributed by atoms with Crippen LogP contribution in [0.15, 0.2) is 49.1 Å². The molecule has 4 amide bonds. The Labute approximate surface area is 527 Å². The van der Waals surface area contributed by atoms with Crippen molar-refractivity contribution in [3.05, 3.63) is 60.2 Å². The summed E-state index contributed by atoms with van der Waals surface area (Å²) in [6, 6.07) is 9.13. The van der Waals surface area contributed by atoms with Crippen molar-refractivity contribution in [3.63, 3.8) is 0 Å². The van der Waals surface area contributed by atoms with Crippen molar-refractivity contribution in [1.82, 2.24) is 9.80 Å². The lowest BCUT2D eigenvalue weighted by molar-refractivity contribution is -0.697. The molecule has 2 aromatic heterocycles. The van der Waals surface area contributed by atoms with Crippen molar-refractivity contribution in [2.24, 2.45) is 0 Å². The average Bonchev–Trinajstić information content (AvgIpc) is 3.36. The number of imide groups is 2. The number of nitrogens with zero attached hydrogens (tertiary/aromatic N) is 4. The summed E-state index contributed by atoms with van der Waals surface area (Å²) >= 11 is 0. The number of carbonyl (C=O) groups excluding carboxylic acids is 4. The maximum absolute atomic E-state index is 12.7. The topological polar surface area (TPSA) is 119 Å². The zero-order chi connectivity index (χ0) is 63.4. The van der Waals surface area contributed by atoms with Gasteiger partial charge in [0.2, 0.25) is 0 Å². The van der Waals surface area contributed by atoms with Crippen molar-refractivity contribution in [1.29, 1.82) is 0 Å². The minimum Gasteiger partial charge on any atom is -0.443 e. The third kappa shape index (κ3) is 45.1. The van der Waals surface area contributed by atoms with Gasteiger partial charge in [-0.2, -0.15) is 0 Å². The highest BCUT2D eigenvalue weighted by molar-refractivity contribution is 5.88. The Balaban J connectivity index is 1.36. The molecule has 0 saturated heterocycles. The fourth-order valence-electron chi connectivity index (χ4n) is 11.0. The second kappa shape index (κ2) is 45.9. The first-order valence-corrected chi connectivity index (χ1v) is 35.3. The molecular weight excluding hydrogens is 1070 g/mol. The van der Waals surface area contributed by atoms with Gasteiger partial charge in [0, 0.05) is 49.2 Å². The highest BCUT2D eigenvalue weighted by Gasteiger charge is 2.32. The van der Waals surface area contributed by atoms with Gasteiger partial charge in [-0.25, -0.2) is 38.1 Å². The normalized spacial score (nSPS) is 12.1. The van der Waals surface area contributed by atoms with Crippen LogP contribution in [0.3, 0.4) is 0 Å². The molecule has 0 aromatic carbocycles. The van der Waals surface area contributed by atoms with E-state index in [-0.39, 0.29) is 0 Å². The number of unbranched alkanes of at least 4 members (excludes halogenated alkanes) is 35. The van der Waals surface area contributed by atoms with Crippen molar-refractivity contribution in [3.8, 4) is 0 Å². The van der Waals surface area contributed by atoms with Crippen LogP contribution in [-0.4, -0.2) is 69.7 Å². The molecule has 0 radical (unpaired) electrons. The minimum absolute atomic E-state index is 0.320. The molecule has 0 atom stereocenters. The van der Waals surface area contributed by atoms with Gasteiger partial charge in [0.15, 0.2) is 24.8 Å². The summed E-state index contributed by atoms with van der Waals surface area (Å²) in [5.41, 5.74) is 0.311. The van der Waals surface area contributed by atoms with Crippen LogP contribution in [0.4, 0.5) is 19.2 Å². The number of carbonyl (C=O) groups is 4. The number of aryl methyl sites for hydroxylation is 4. The SMILES string of the molecule is CC(C)(C)OC(=O)N(CCCCCCCCCCCCCCCC[n+]1cccc(CCCCCCCCCCCCc2ccc[n+](CCCCCCCCCCCCCCCCN(C(=O)OC(C)(C)C)C(=O)OC(C)(C)C)c2)c1)C(=O)OC(C)(C)C. The van der Waals surface area contributed by atoms with E-state index in [1.807, 2.05) is 0 Å². The van der Waals surface area contributed by atoms with E-state index in [1.54, 1.807) is 83.1 Å². The fourth-order valence-corrected chi connectivity index (χ4v) is 11.0. The molecule has 12 nitrogen and oxygen atoms in total. The Hall–Kier alpha value is -4.22. The molecule has 0 aliphatic carbocycles. The number of hydrogen-bond donors (Lipinski definition) is 0. The van der Waals surface area contributed by atoms with Gasteiger partial charge in [0.05, 0.1) is 0 Å². The molecule has 2 aromatic rings. The van der Waals surface area contributed by atoms with Crippen LogP contribution >= 0.6 is 0 Å². The van der Waals surface area contributed by atoms with E-state index in [1.165, 1.54) is 229 Å². The number of amides is 4. The number of hydrogen-bond acceptors (Lipinski definition) is 8. The quantitative estimate of drug-likeness (QED) is 0.0365. The molecule has 86 heavy (non-hydrogen) atoms. The molecular formula is C74H132N4O8+2. The number of rotatable bonds is 47. The third-order valence-electron chi connectivity index (χ3n) is 15.6. The van der Waals surface area contributed by atoms with Crippen molar-refractivity contribution in [2.45, 2.75) is 375 Å². The zero-order valence-corrected chi connectivity index (χ0v) is 57.8. The molecule has 12 heteroatoms. The Morgan fingerprint density at radius 3 is 0.721 bits per heavy atom. The molecule has 0 fully saturated rings. The van der Waals surface area contributed by atoms with Crippen molar-refractivity contribution < 1.29 is 47.3 Å². The van der Waals surface area contributed by atoms with Gasteiger partial charge in [0.25, 0.3) is 0 Å². The summed E-state index contributed by atoms with van der Waals surface area (Å²) in [5, 5.41) is 0. The highest BCUT2D eigenvalue weighted by atomic mass is 16.6. The molecule has 494 valence electrons. The number of aromatic nitrogens is 2. The lowest BCUT2D eigenvalue weighted by Crippen LogP contribution is -2.44. The summed E-state index contributed by atoms with van der Waals surface area (Å²) in [7, 11) is 0. The molecule has 0 aliphatic rings. The molecule has 0 saturated carbocycles. The van der Waals surface area contributed by atoms with Crippen LogP contribution < -0.4 is 9.13 Å². The highest BCUT2D eigenvalue weighted by Crippen LogP contribution is 2.21. The Morgan fingerprint density at radius 2 is 0.500 bits per heavy atom. The average molecular weight is 1210 g/mol. The van der Waals surface area contributed by atoms with Crippen LogP contribution in [0.2, 0.25) is 0 Å². The van der Waals surface area contributed by atoms with Gasteiger partial charge >= 0.3 is 24.4 Å². The molecule has 0 aliphatic heterocycles.